The maximum Gasteiger partial charge on any atom is 0.254 e. The average molecular weight is 303 g/mol. The van der Waals surface area contributed by atoms with Gasteiger partial charge >= 0.3 is 0 Å². The molecule has 0 spiro atoms. The van der Waals surface area contributed by atoms with Crippen LogP contribution in [0.2, 0.25) is 5.02 Å². The summed E-state index contributed by atoms with van der Waals surface area (Å²) < 4.78 is 0. The Morgan fingerprint density at radius 1 is 1.19 bits per heavy atom. The third-order valence-electron chi connectivity index (χ3n) is 3.45. The quantitative estimate of drug-likeness (QED) is 0.876. The lowest BCUT2D eigenvalue weighted by molar-refractivity contribution is 0.0784. The fraction of sp³-hybridized carbons (Fsp3) is 0.235. The summed E-state index contributed by atoms with van der Waals surface area (Å²) in [6.45, 7) is 4.34. The van der Waals surface area contributed by atoms with Crippen LogP contribution in [0.1, 0.15) is 27.0 Å². The van der Waals surface area contributed by atoms with E-state index in [1.807, 2.05) is 32.0 Å². The van der Waals surface area contributed by atoms with Crippen LogP contribution < -0.4 is 5.73 Å². The van der Waals surface area contributed by atoms with Gasteiger partial charge in [-0.15, -0.1) is 0 Å². The van der Waals surface area contributed by atoms with Crippen LogP contribution in [0.3, 0.4) is 0 Å². The number of carbonyl (C=O) groups is 1. The lowest BCUT2D eigenvalue weighted by Gasteiger charge is -2.19. The van der Waals surface area contributed by atoms with Gasteiger partial charge in [0, 0.05) is 29.9 Å². The average Bonchev–Trinajstić information content (AvgIpc) is 2.44. The molecule has 0 saturated heterocycles. The summed E-state index contributed by atoms with van der Waals surface area (Å²) in [7, 11) is 1.77. The number of carbonyl (C=O) groups excluding carboxylic acids is 1. The van der Waals surface area contributed by atoms with E-state index < -0.39 is 0 Å². The normalized spacial score (nSPS) is 10.5. The van der Waals surface area contributed by atoms with Crippen molar-refractivity contribution in [2.45, 2.75) is 20.4 Å². The predicted octanol–water partition coefficient (Wildman–Crippen LogP) is 3.81. The largest absolute Gasteiger partial charge is 0.399 e. The minimum atomic E-state index is -0.0188. The number of hydrogen-bond acceptors (Lipinski definition) is 2. The van der Waals surface area contributed by atoms with E-state index in [-0.39, 0.29) is 5.91 Å². The molecule has 0 fully saturated rings. The highest BCUT2D eigenvalue weighted by atomic mass is 35.5. The molecule has 0 atom stereocenters. The van der Waals surface area contributed by atoms with Crippen molar-refractivity contribution in [2.75, 3.05) is 12.8 Å². The fourth-order valence-corrected chi connectivity index (χ4v) is 2.39. The first-order chi connectivity index (χ1) is 9.88. The van der Waals surface area contributed by atoms with E-state index in [1.54, 1.807) is 30.1 Å². The van der Waals surface area contributed by atoms with Crippen LogP contribution in [0.15, 0.2) is 36.4 Å². The van der Waals surface area contributed by atoms with Crippen LogP contribution >= 0.6 is 11.6 Å². The Kier molecular flexibility index (Phi) is 4.53. The molecule has 21 heavy (non-hydrogen) atoms. The third-order valence-corrected chi connectivity index (χ3v) is 3.82. The number of rotatable bonds is 3. The van der Waals surface area contributed by atoms with Crippen molar-refractivity contribution in [3.8, 4) is 0 Å². The van der Waals surface area contributed by atoms with Gasteiger partial charge in [0.2, 0.25) is 0 Å². The summed E-state index contributed by atoms with van der Waals surface area (Å²) in [6.07, 6.45) is 0. The molecule has 0 bridgehead atoms. The molecule has 1 amide bonds. The number of benzene rings is 2. The van der Waals surface area contributed by atoms with Crippen LogP contribution in [0.4, 0.5) is 5.69 Å². The molecular weight excluding hydrogens is 284 g/mol. The minimum Gasteiger partial charge on any atom is -0.399 e. The van der Waals surface area contributed by atoms with Crippen LogP contribution in [0.5, 0.6) is 0 Å². The summed E-state index contributed by atoms with van der Waals surface area (Å²) in [5, 5.41) is 0.616. The van der Waals surface area contributed by atoms with Crippen LogP contribution in [0, 0.1) is 13.8 Å². The van der Waals surface area contributed by atoms with Gasteiger partial charge in [0.25, 0.3) is 5.91 Å². The number of anilines is 1. The van der Waals surface area contributed by atoms with E-state index in [0.29, 0.717) is 17.3 Å². The number of nitrogens with two attached hydrogens (primary N) is 1. The van der Waals surface area contributed by atoms with Crippen molar-refractivity contribution in [3.05, 3.63) is 63.7 Å². The molecule has 0 heterocycles. The monoisotopic (exact) mass is 302 g/mol. The third kappa shape index (κ3) is 3.56. The smallest absolute Gasteiger partial charge is 0.254 e. The van der Waals surface area contributed by atoms with Gasteiger partial charge in [0.1, 0.15) is 0 Å². The van der Waals surface area contributed by atoms with Crippen molar-refractivity contribution in [1.82, 2.24) is 4.90 Å². The summed E-state index contributed by atoms with van der Waals surface area (Å²) in [6, 6.07) is 11.2. The molecule has 2 N–H and O–H groups in total. The number of aryl methyl sites for hydroxylation is 2. The molecule has 0 aliphatic carbocycles. The molecular formula is C17H19ClN2O. The molecule has 4 heteroatoms. The maximum absolute atomic E-state index is 12.6. The van der Waals surface area contributed by atoms with Crippen LogP contribution in [-0.2, 0) is 6.54 Å². The number of hydrogen-bond donors (Lipinski definition) is 1. The summed E-state index contributed by atoms with van der Waals surface area (Å²) >= 11 is 6.15. The van der Waals surface area contributed by atoms with E-state index in [0.717, 1.165) is 22.3 Å². The zero-order valence-corrected chi connectivity index (χ0v) is 13.2. The number of amides is 1. The van der Waals surface area contributed by atoms with Gasteiger partial charge in [-0.3, -0.25) is 4.79 Å². The minimum absolute atomic E-state index is 0.0188. The van der Waals surface area contributed by atoms with Gasteiger partial charge < -0.3 is 10.6 Å². The van der Waals surface area contributed by atoms with Gasteiger partial charge in [-0.05, 0) is 49.2 Å². The molecule has 110 valence electrons. The first-order valence-corrected chi connectivity index (χ1v) is 7.13. The molecule has 2 aromatic carbocycles. The van der Waals surface area contributed by atoms with Gasteiger partial charge in [0.05, 0.1) is 0 Å². The molecule has 0 aliphatic rings. The van der Waals surface area contributed by atoms with Crippen LogP contribution in [0.25, 0.3) is 0 Å². The van der Waals surface area contributed by atoms with E-state index in [2.05, 4.69) is 0 Å². The second-order valence-corrected chi connectivity index (χ2v) is 5.74. The Balaban J connectivity index is 2.23. The lowest BCUT2D eigenvalue weighted by Crippen LogP contribution is -2.27. The van der Waals surface area contributed by atoms with Gasteiger partial charge in [-0.2, -0.15) is 0 Å². The zero-order chi connectivity index (χ0) is 15.6. The van der Waals surface area contributed by atoms with E-state index in [9.17, 15) is 4.79 Å². The van der Waals surface area contributed by atoms with Gasteiger partial charge in [-0.1, -0.05) is 29.3 Å². The van der Waals surface area contributed by atoms with E-state index in [1.165, 1.54) is 0 Å². The molecule has 0 aliphatic heterocycles. The zero-order valence-electron chi connectivity index (χ0n) is 12.5. The highest BCUT2D eigenvalue weighted by Crippen LogP contribution is 2.21. The van der Waals surface area contributed by atoms with Crippen molar-refractivity contribution in [1.29, 1.82) is 0 Å². The molecule has 0 saturated carbocycles. The standard InChI is InChI=1S/C17H19ClN2O/c1-11-4-5-12(2)15(8-11)17(21)20(3)10-13-9-14(19)6-7-16(13)18/h4-9H,10,19H2,1-3H3. The maximum atomic E-state index is 12.6. The molecule has 0 aromatic heterocycles. The van der Waals surface area contributed by atoms with Gasteiger partial charge in [0.15, 0.2) is 0 Å². The van der Waals surface area contributed by atoms with Crippen LogP contribution in [-0.4, -0.2) is 17.9 Å². The highest BCUT2D eigenvalue weighted by molar-refractivity contribution is 6.31. The lowest BCUT2D eigenvalue weighted by atomic mass is 10.0. The Hall–Kier alpha value is -2.00. The van der Waals surface area contributed by atoms with Crippen molar-refractivity contribution in [3.63, 3.8) is 0 Å². The van der Waals surface area contributed by atoms with E-state index >= 15 is 0 Å². The summed E-state index contributed by atoms with van der Waals surface area (Å²) in [4.78, 5) is 14.2. The Morgan fingerprint density at radius 3 is 2.62 bits per heavy atom. The van der Waals surface area contributed by atoms with Crippen molar-refractivity contribution in [2.24, 2.45) is 0 Å². The molecule has 0 unspecified atom stereocenters. The highest BCUT2D eigenvalue weighted by Gasteiger charge is 2.15. The number of halogens is 1. The Labute approximate surface area is 130 Å². The number of nitrogens with zero attached hydrogens (tertiary/aromatic N) is 1. The van der Waals surface area contributed by atoms with Crippen molar-refractivity contribution >= 4 is 23.2 Å². The molecule has 2 rings (SSSR count). The fourth-order valence-electron chi connectivity index (χ4n) is 2.22. The Morgan fingerprint density at radius 2 is 1.90 bits per heavy atom. The molecule has 3 nitrogen and oxygen atoms in total. The first kappa shape index (κ1) is 15.4. The predicted molar refractivity (Wildman–Crippen MR) is 87.6 cm³/mol. The topological polar surface area (TPSA) is 46.3 Å². The second kappa shape index (κ2) is 6.19. The first-order valence-electron chi connectivity index (χ1n) is 6.75. The number of nitrogen functional groups attached to an aromatic ring is 1. The molecule has 2 aromatic rings. The second-order valence-electron chi connectivity index (χ2n) is 5.33. The van der Waals surface area contributed by atoms with Gasteiger partial charge in [-0.25, -0.2) is 0 Å². The summed E-state index contributed by atoms with van der Waals surface area (Å²) in [5.74, 6) is -0.0188. The Bertz CT molecular complexity index is 682. The molecule has 0 radical (unpaired) electrons. The summed E-state index contributed by atoms with van der Waals surface area (Å²) in [5.41, 5.74) is 10.0. The SMILES string of the molecule is Cc1ccc(C)c(C(=O)N(C)Cc2cc(N)ccc2Cl)c1. The van der Waals surface area contributed by atoms with E-state index in [4.69, 9.17) is 17.3 Å². The van der Waals surface area contributed by atoms with Crippen molar-refractivity contribution < 1.29 is 4.79 Å².